The molecule has 0 amide bonds. The van der Waals surface area contributed by atoms with Crippen LogP contribution < -0.4 is 4.90 Å². The molecule has 0 aromatic heterocycles. The summed E-state index contributed by atoms with van der Waals surface area (Å²) in [5, 5.41) is 2.51. The Morgan fingerprint density at radius 3 is 1.71 bits per heavy atom. The maximum atomic E-state index is 2.52. The van der Waals surface area contributed by atoms with Crippen molar-refractivity contribution >= 4 is 33.9 Å². The van der Waals surface area contributed by atoms with Crippen molar-refractivity contribution in [1.29, 1.82) is 0 Å². The summed E-state index contributed by atoms with van der Waals surface area (Å²) in [5.41, 5.74) is 20.9. The van der Waals surface area contributed by atoms with Gasteiger partial charge in [-0.15, -0.1) is 0 Å². The van der Waals surface area contributed by atoms with Gasteiger partial charge in [-0.25, -0.2) is 0 Å². The van der Waals surface area contributed by atoms with Gasteiger partial charge in [0.1, 0.15) is 0 Å². The standard InChI is InChI=1S/C58H41N/c1-38-13-11-19-47-34-44(27-30-49(38)47)46-29-32-51-50-31-28-45(43-26-25-40-16-5-6-17-41(40)33-43)36-54(50)58(55(51)37-46)52-21-7-9-23-56(52)59(57-24-10-8-22-53(57)58)48-20-12-18-42(35-48)39-14-3-2-4-15-39/h2-12,14-38H,13H2,1H3. The van der Waals surface area contributed by atoms with Gasteiger partial charge in [0, 0.05) is 5.69 Å². The first-order chi connectivity index (χ1) is 29.1. The van der Waals surface area contributed by atoms with E-state index in [1.54, 1.807) is 0 Å². The number of benzene rings is 9. The minimum absolute atomic E-state index is 0.533. The van der Waals surface area contributed by atoms with Crippen molar-refractivity contribution in [3.05, 3.63) is 240 Å². The second-order valence-electron chi connectivity index (χ2n) is 16.5. The van der Waals surface area contributed by atoms with E-state index in [0.29, 0.717) is 5.92 Å². The number of para-hydroxylation sites is 2. The summed E-state index contributed by atoms with van der Waals surface area (Å²) in [4.78, 5) is 2.49. The van der Waals surface area contributed by atoms with Gasteiger partial charge in [0.25, 0.3) is 0 Å². The van der Waals surface area contributed by atoms with Gasteiger partial charge in [-0.05, 0) is 150 Å². The summed E-state index contributed by atoms with van der Waals surface area (Å²) < 4.78 is 0. The number of rotatable bonds is 4. The molecule has 0 bridgehead atoms. The molecule has 1 heteroatoms. The molecular formula is C58H41N. The summed E-state index contributed by atoms with van der Waals surface area (Å²) in [5.74, 6) is 0.533. The minimum Gasteiger partial charge on any atom is -0.310 e. The molecule has 59 heavy (non-hydrogen) atoms. The van der Waals surface area contributed by atoms with Crippen molar-refractivity contribution in [3.8, 4) is 44.5 Å². The molecule has 12 rings (SSSR count). The molecule has 0 saturated carbocycles. The molecule has 1 nitrogen and oxygen atoms in total. The molecule has 0 fully saturated rings. The van der Waals surface area contributed by atoms with Crippen molar-refractivity contribution < 1.29 is 0 Å². The molecule has 0 saturated heterocycles. The summed E-state index contributed by atoms with van der Waals surface area (Å²) in [6, 6.07) is 75.2. The van der Waals surface area contributed by atoms with E-state index in [0.717, 1.165) is 12.1 Å². The molecular weight excluding hydrogens is 711 g/mol. The quantitative estimate of drug-likeness (QED) is 0.173. The van der Waals surface area contributed by atoms with Gasteiger partial charge in [0.05, 0.1) is 16.8 Å². The maximum Gasteiger partial charge on any atom is 0.0754 e. The normalized spacial score (nSPS) is 15.3. The Hall–Kier alpha value is -7.22. The smallest absolute Gasteiger partial charge is 0.0754 e. The predicted octanol–water partition coefficient (Wildman–Crippen LogP) is 15.5. The van der Waals surface area contributed by atoms with Gasteiger partial charge < -0.3 is 4.90 Å². The molecule has 1 spiro atoms. The monoisotopic (exact) mass is 751 g/mol. The van der Waals surface area contributed by atoms with E-state index in [-0.39, 0.29) is 0 Å². The van der Waals surface area contributed by atoms with Crippen LogP contribution in [0.3, 0.4) is 0 Å². The van der Waals surface area contributed by atoms with E-state index in [2.05, 4.69) is 224 Å². The van der Waals surface area contributed by atoms with Gasteiger partial charge >= 0.3 is 0 Å². The Labute approximate surface area is 346 Å². The summed E-state index contributed by atoms with van der Waals surface area (Å²) in [6.45, 7) is 2.34. The van der Waals surface area contributed by atoms with Crippen LogP contribution in [0.1, 0.15) is 52.6 Å². The lowest BCUT2D eigenvalue weighted by Crippen LogP contribution is -2.36. The van der Waals surface area contributed by atoms with Gasteiger partial charge in [-0.3, -0.25) is 0 Å². The lowest BCUT2D eigenvalue weighted by atomic mass is 9.64. The van der Waals surface area contributed by atoms with Gasteiger partial charge in [0.15, 0.2) is 0 Å². The Bertz CT molecular complexity index is 3120. The molecule has 9 aromatic rings. The minimum atomic E-state index is -0.573. The average Bonchev–Trinajstić information content (AvgIpc) is 3.58. The van der Waals surface area contributed by atoms with Crippen LogP contribution in [0, 0.1) is 0 Å². The van der Waals surface area contributed by atoms with E-state index in [1.807, 2.05) is 0 Å². The lowest BCUT2D eigenvalue weighted by molar-refractivity contribution is 0.753. The van der Waals surface area contributed by atoms with E-state index < -0.39 is 5.41 Å². The lowest BCUT2D eigenvalue weighted by Gasteiger charge is -2.45. The highest BCUT2D eigenvalue weighted by atomic mass is 15.2. The van der Waals surface area contributed by atoms with Gasteiger partial charge in [0.2, 0.25) is 0 Å². The van der Waals surface area contributed by atoms with Crippen molar-refractivity contribution in [2.45, 2.75) is 24.7 Å². The fraction of sp³-hybridized carbons (Fsp3) is 0.0690. The number of hydrogen-bond donors (Lipinski definition) is 0. The highest BCUT2D eigenvalue weighted by Crippen LogP contribution is 2.64. The van der Waals surface area contributed by atoms with Crippen LogP contribution in [0.2, 0.25) is 0 Å². The topological polar surface area (TPSA) is 3.24 Å². The third-order valence-corrected chi connectivity index (χ3v) is 13.3. The Morgan fingerprint density at radius 1 is 0.424 bits per heavy atom. The largest absolute Gasteiger partial charge is 0.310 e. The second-order valence-corrected chi connectivity index (χ2v) is 16.5. The third kappa shape index (κ3) is 5.11. The van der Waals surface area contributed by atoms with Crippen molar-refractivity contribution in [1.82, 2.24) is 0 Å². The first kappa shape index (κ1) is 33.9. The van der Waals surface area contributed by atoms with Crippen LogP contribution in [0.15, 0.2) is 206 Å². The van der Waals surface area contributed by atoms with Crippen LogP contribution in [-0.4, -0.2) is 0 Å². The van der Waals surface area contributed by atoms with Crippen LogP contribution >= 0.6 is 0 Å². The van der Waals surface area contributed by atoms with Crippen LogP contribution in [-0.2, 0) is 5.41 Å². The summed E-state index contributed by atoms with van der Waals surface area (Å²) in [6.07, 6.45) is 5.74. The second kappa shape index (κ2) is 13.2. The SMILES string of the molecule is CC1CC=Cc2cc(-c3ccc4c(c3)C3(c5cc(-c6ccc7ccccc7c6)ccc5-4)c4ccccc4N(c4cccc(-c5ccccc5)c4)c4ccccc43)ccc21. The van der Waals surface area contributed by atoms with Gasteiger partial charge in [-0.1, -0.05) is 171 Å². The van der Waals surface area contributed by atoms with Crippen molar-refractivity contribution in [2.24, 2.45) is 0 Å². The molecule has 1 heterocycles. The van der Waals surface area contributed by atoms with E-state index in [1.165, 1.54) is 100 Å². The number of nitrogens with zero attached hydrogens (tertiary/aromatic N) is 1. The molecule has 278 valence electrons. The van der Waals surface area contributed by atoms with Crippen molar-refractivity contribution in [3.63, 3.8) is 0 Å². The molecule has 0 N–H and O–H groups in total. The zero-order valence-electron chi connectivity index (χ0n) is 32.9. The number of anilines is 3. The average molecular weight is 752 g/mol. The zero-order chi connectivity index (χ0) is 39.1. The number of hydrogen-bond acceptors (Lipinski definition) is 1. The third-order valence-electron chi connectivity index (χ3n) is 13.3. The van der Waals surface area contributed by atoms with Crippen LogP contribution in [0.4, 0.5) is 17.1 Å². The van der Waals surface area contributed by atoms with Crippen LogP contribution in [0.25, 0.3) is 61.4 Å². The molecule has 2 aliphatic carbocycles. The van der Waals surface area contributed by atoms with E-state index in [9.17, 15) is 0 Å². The van der Waals surface area contributed by atoms with E-state index in [4.69, 9.17) is 0 Å². The Kier molecular flexibility index (Phi) is 7.56. The number of allylic oxidation sites excluding steroid dienone is 1. The molecule has 3 aliphatic rings. The molecule has 1 atom stereocenters. The Morgan fingerprint density at radius 2 is 0.983 bits per heavy atom. The molecule has 1 unspecified atom stereocenters. The fourth-order valence-electron chi connectivity index (χ4n) is 10.5. The van der Waals surface area contributed by atoms with Crippen molar-refractivity contribution in [2.75, 3.05) is 4.90 Å². The summed E-state index contributed by atoms with van der Waals surface area (Å²) >= 11 is 0. The maximum absolute atomic E-state index is 2.52. The zero-order valence-corrected chi connectivity index (χ0v) is 32.9. The van der Waals surface area contributed by atoms with E-state index >= 15 is 0 Å². The van der Waals surface area contributed by atoms with Gasteiger partial charge in [-0.2, -0.15) is 0 Å². The summed E-state index contributed by atoms with van der Waals surface area (Å²) in [7, 11) is 0. The fourth-order valence-corrected chi connectivity index (χ4v) is 10.5. The number of fused-ring (bicyclic) bond motifs is 11. The first-order valence-electron chi connectivity index (χ1n) is 20.9. The Balaban J connectivity index is 1.13. The molecule has 9 aromatic carbocycles. The highest BCUT2D eigenvalue weighted by molar-refractivity contribution is 5.98. The highest BCUT2D eigenvalue weighted by Gasteiger charge is 2.52. The molecule has 0 radical (unpaired) electrons. The van der Waals surface area contributed by atoms with Crippen LogP contribution in [0.5, 0.6) is 0 Å². The molecule has 1 aliphatic heterocycles. The first-order valence-corrected chi connectivity index (χ1v) is 20.9. The predicted molar refractivity (Wildman–Crippen MR) is 248 cm³/mol.